The maximum atomic E-state index is 13.2. The van der Waals surface area contributed by atoms with Crippen LogP contribution in [0.2, 0.25) is 10.0 Å². The number of morpholine rings is 1. The highest BCUT2D eigenvalue weighted by molar-refractivity contribution is 7.18. The number of amides is 1. The second-order valence-corrected chi connectivity index (χ2v) is 10.1. The molecule has 1 aliphatic heterocycles. The minimum absolute atomic E-state index is 0.228. The summed E-state index contributed by atoms with van der Waals surface area (Å²) in [4.78, 5) is 28.8. The lowest BCUT2D eigenvalue weighted by Crippen LogP contribution is -2.35. The molecule has 1 saturated heterocycles. The van der Waals surface area contributed by atoms with E-state index in [0.29, 0.717) is 39.2 Å². The van der Waals surface area contributed by atoms with Gasteiger partial charge in [0.15, 0.2) is 5.82 Å². The molecule has 4 heterocycles. The molecule has 0 atom stereocenters. The van der Waals surface area contributed by atoms with Crippen molar-refractivity contribution >= 4 is 68.0 Å². The predicted molar refractivity (Wildman–Crippen MR) is 147 cm³/mol. The first kappa shape index (κ1) is 25.6. The Hall–Kier alpha value is -3.02. The Bertz CT molecular complexity index is 1460. The van der Waals surface area contributed by atoms with Crippen LogP contribution in [0.5, 0.6) is 5.75 Å². The number of aromatic nitrogens is 3. The minimum Gasteiger partial charge on any atom is -0.495 e. The topological polar surface area (TPSA) is 102 Å². The molecule has 3 aromatic heterocycles. The average Bonchev–Trinajstić information content (AvgIpc) is 3.35. The molecule has 1 aliphatic rings. The molecule has 192 valence electrons. The number of halogens is 2. The van der Waals surface area contributed by atoms with Gasteiger partial charge in [-0.05, 0) is 36.2 Å². The van der Waals surface area contributed by atoms with Gasteiger partial charge in [0.25, 0.3) is 5.91 Å². The van der Waals surface area contributed by atoms with Gasteiger partial charge in [0, 0.05) is 31.2 Å². The van der Waals surface area contributed by atoms with Crippen LogP contribution in [-0.2, 0) is 11.3 Å². The van der Waals surface area contributed by atoms with Crippen LogP contribution in [0.3, 0.4) is 0 Å². The van der Waals surface area contributed by atoms with Crippen LogP contribution < -0.4 is 15.4 Å². The third-order valence-electron chi connectivity index (χ3n) is 5.99. The number of rotatable bonds is 7. The van der Waals surface area contributed by atoms with Crippen LogP contribution in [0.25, 0.3) is 10.2 Å². The molecule has 0 saturated carbocycles. The molecule has 0 radical (unpaired) electrons. The second-order valence-electron chi connectivity index (χ2n) is 8.47. The van der Waals surface area contributed by atoms with Crippen molar-refractivity contribution < 1.29 is 14.3 Å². The van der Waals surface area contributed by atoms with Gasteiger partial charge in [-0.15, -0.1) is 11.3 Å². The Labute approximate surface area is 227 Å². The number of carbonyl (C=O) groups excluding carboxylic acids is 1. The van der Waals surface area contributed by atoms with Gasteiger partial charge >= 0.3 is 0 Å². The van der Waals surface area contributed by atoms with Gasteiger partial charge in [-0.1, -0.05) is 23.2 Å². The van der Waals surface area contributed by atoms with Crippen molar-refractivity contribution in [3.8, 4) is 5.75 Å². The first-order valence-electron chi connectivity index (χ1n) is 11.5. The fraction of sp³-hybridized carbons (Fsp3) is 0.280. The molecular weight excluding hydrogens is 535 g/mol. The van der Waals surface area contributed by atoms with Crippen molar-refractivity contribution in [3.63, 3.8) is 0 Å². The highest BCUT2D eigenvalue weighted by Crippen LogP contribution is 2.41. The normalized spacial score (nSPS) is 14.1. The van der Waals surface area contributed by atoms with Crippen LogP contribution in [0, 0.1) is 6.92 Å². The maximum Gasteiger partial charge on any atom is 0.258 e. The summed E-state index contributed by atoms with van der Waals surface area (Å²) in [5.41, 5.74) is 3.05. The molecule has 37 heavy (non-hydrogen) atoms. The lowest BCUT2D eigenvalue weighted by molar-refractivity contribution is 0.0342. The predicted octanol–water partition coefficient (Wildman–Crippen LogP) is 5.54. The van der Waals surface area contributed by atoms with E-state index in [1.54, 1.807) is 17.6 Å². The number of thiophene rings is 1. The summed E-state index contributed by atoms with van der Waals surface area (Å²) in [5, 5.41) is 8.41. The van der Waals surface area contributed by atoms with E-state index in [1.165, 1.54) is 24.8 Å². The molecule has 4 aromatic rings. The smallest absolute Gasteiger partial charge is 0.258 e. The fourth-order valence-corrected chi connectivity index (χ4v) is 5.52. The van der Waals surface area contributed by atoms with Crippen molar-refractivity contribution in [1.82, 2.24) is 19.9 Å². The third kappa shape index (κ3) is 5.48. The molecule has 0 spiro atoms. The van der Waals surface area contributed by atoms with Crippen molar-refractivity contribution in [2.45, 2.75) is 13.5 Å². The standard InChI is InChI=1S/C25H24Cl2N6O3S/c1-14-9-17(35-2)20(27)22(19(14)26)32-25(34)16-12-37-23-21(16)29-13-30-24(23)31-18-10-15(3-4-28-18)11-33-5-7-36-8-6-33/h3-4,9-10,12-13H,5-8,11H2,1-2H3,(H,32,34)(H,28,29,30,31). The van der Waals surface area contributed by atoms with E-state index < -0.39 is 5.91 Å². The Balaban J connectivity index is 1.38. The van der Waals surface area contributed by atoms with Crippen LogP contribution in [0.15, 0.2) is 36.1 Å². The second kappa shape index (κ2) is 11.2. The molecule has 1 amide bonds. The van der Waals surface area contributed by atoms with E-state index in [9.17, 15) is 4.79 Å². The quantitative estimate of drug-likeness (QED) is 0.305. The maximum absolute atomic E-state index is 13.2. The number of nitrogens with zero attached hydrogens (tertiary/aromatic N) is 4. The first-order valence-corrected chi connectivity index (χ1v) is 13.2. The Morgan fingerprint density at radius 2 is 2.00 bits per heavy atom. The highest BCUT2D eigenvalue weighted by atomic mass is 35.5. The van der Waals surface area contributed by atoms with Gasteiger partial charge in [0.05, 0.1) is 46.8 Å². The molecule has 0 aliphatic carbocycles. The van der Waals surface area contributed by atoms with Gasteiger partial charge in [-0.3, -0.25) is 9.69 Å². The number of nitrogens with one attached hydrogen (secondary N) is 2. The van der Waals surface area contributed by atoms with Crippen LogP contribution >= 0.6 is 34.5 Å². The van der Waals surface area contributed by atoms with Gasteiger partial charge in [-0.25, -0.2) is 15.0 Å². The number of fused-ring (bicyclic) bond motifs is 1. The summed E-state index contributed by atoms with van der Waals surface area (Å²) in [6.07, 6.45) is 3.19. The summed E-state index contributed by atoms with van der Waals surface area (Å²) in [6.45, 7) is 5.94. The number of carbonyl (C=O) groups is 1. The molecule has 12 heteroatoms. The number of ether oxygens (including phenoxy) is 2. The lowest BCUT2D eigenvalue weighted by Gasteiger charge is -2.26. The number of benzene rings is 1. The van der Waals surface area contributed by atoms with E-state index in [-0.39, 0.29) is 5.02 Å². The lowest BCUT2D eigenvalue weighted by atomic mass is 10.2. The molecule has 9 nitrogen and oxygen atoms in total. The third-order valence-corrected chi connectivity index (χ3v) is 7.82. The number of methoxy groups -OCH3 is 1. The fourth-order valence-electron chi connectivity index (χ4n) is 4.06. The molecular formula is C25H24Cl2N6O3S. The van der Waals surface area contributed by atoms with E-state index in [2.05, 4.69) is 30.5 Å². The molecule has 0 unspecified atom stereocenters. The van der Waals surface area contributed by atoms with Crippen molar-refractivity contribution in [2.75, 3.05) is 44.0 Å². The van der Waals surface area contributed by atoms with Gasteiger partial charge < -0.3 is 20.1 Å². The number of aryl methyl sites for hydroxylation is 1. The van der Waals surface area contributed by atoms with E-state index >= 15 is 0 Å². The van der Waals surface area contributed by atoms with E-state index in [0.717, 1.165) is 48.7 Å². The molecule has 1 aromatic carbocycles. The van der Waals surface area contributed by atoms with Crippen LogP contribution in [-0.4, -0.2) is 59.2 Å². The largest absolute Gasteiger partial charge is 0.495 e. The monoisotopic (exact) mass is 558 g/mol. The number of hydrogen-bond donors (Lipinski definition) is 2. The average molecular weight is 559 g/mol. The van der Waals surface area contributed by atoms with Crippen molar-refractivity contribution in [3.05, 3.63) is 62.8 Å². The summed E-state index contributed by atoms with van der Waals surface area (Å²) in [6, 6.07) is 5.72. The van der Waals surface area contributed by atoms with E-state index in [1.807, 2.05) is 19.1 Å². The van der Waals surface area contributed by atoms with Gasteiger partial charge in [0.2, 0.25) is 0 Å². The summed E-state index contributed by atoms with van der Waals surface area (Å²) >= 11 is 14.2. The van der Waals surface area contributed by atoms with Crippen molar-refractivity contribution in [1.29, 1.82) is 0 Å². The summed E-state index contributed by atoms with van der Waals surface area (Å²) in [7, 11) is 1.51. The Morgan fingerprint density at radius 3 is 2.78 bits per heavy atom. The summed E-state index contributed by atoms with van der Waals surface area (Å²) < 4.78 is 11.5. The Kier molecular flexibility index (Phi) is 7.73. The van der Waals surface area contributed by atoms with Crippen LogP contribution in [0.1, 0.15) is 21.5 Å². The Morgan fingerprint density at radius 1 is 1.19 bits per heavy atom. The molecule has 5 rings (SSSR count). The number of anilines is 3. The minimum atomic E-state index is -0.391. The summed E-state index contributed by atoms with van der Waals surface area (Å²) in [5.74, 6) is 1.26. The number of hydrogen-bond acceptors (Lipinski definition) is 9. The van der Waals surface area contributed by atoms with Gasteiger partial charge in [-0.2, -0.15) is 0 Å². The van der Waals surface area contributed by atoms with E-state index in [4.69, 9.17) is 32.7 Å². The van der Waals surface area contributed by atoms with Crippen LogP contribution in [0.4, 0.5) is 17.3 Å². The highest BCUT2D eigenvalue weighted by Gasteiger charge is 2.21. The van der Waals surface area contributed by atoms with Gasteiger partial charge in [0.1, 0.15) is 22.9 Å². The first-order chi connectivity index (χ1) is 17.9. The van der Waals surface area contributed by atoms with Crippen molar-refractivity contribution in [2.24, 2.45) is 0 Å². The SMILES string of the molecule is COc1cc(C)c(Cl)c(NC(=O)c2csc3c(Nc4cc(CN5CCOCC5)ccn4)ncnc23)c1Cl. The zero-order chi connectivity index (χ0) is 25.9. The zero-order valence-corrected chi connectivity index (χ0v) is 22.5. The molecule has 1 fully saturated rings. The number of pyridine rings is 1. The molecule has 2 N–H and O–H groups in total. The molecule has 0 bridgehead atoms. The zero-order valence-electron chi connectivity index (χ0n) is 20.2.